The van der Waals surface area contributed by atoms with Crippen LogP contribution in [0.25, 0.3) is 0 Å². The number of hydrogen-bond acceptors (Lipinski definition) is 4. The first-order valence-electron chi connectivity index (χ1n) is 6.42. The van der Waals surface area contributed by atoms with E-state index in [0.29, 0.717) is 18.1 Å². The van der Waals surface area contributed by atoms with Crippen LogP contribution in [-0.2, 0) is 9.53 Å². The van der Waals surface area contributed by atoms with Gasteiger partial charge in [0.1, 0.15) is 11.3 Å². The zero-order valence-electron chi connectivity index (χ0n) is 12.3. The molecule has 0 aliphatic carbocycles. The van der Waals surface area contributed by atoms with Crippen LogP contribution < -0.4 is 10.1 Å². The van der Waals surface area contributed by atoms with Crippen molar-refractivity contribution in [3.8, 4) is 5.75 Å². The Balaban J connectivity index is 3.03. The second-order valence-electron chi connectivity index (χ2n) is 5.25. The molecule has 0 bridgehead atoms. The van der Waals surface area contributed by atoms with Gasteiger partial charge < -0.3 is 14.8 Å². The van der Waals surface area contributed by atoms with Crippen LogP contribution in [-0.4, -0.2) is 25.7 Å². The number of nitrogens with one attached hydrogen (secondary N) is 1. The van der Waals surface area contributed by atoms with Gasteiger partial charge in [0, 0.05) is 0 Å². The first kappa shape index (κ1) is 15.3. The van der Waals surface area contributed by atoms with Gasteiger partial charge in [-0.05, 0) is 31.4 Å². The van der Waals surface area contributed by atoms with E-state index in [1.807, 2.05) is 31.2 Å². The highest BCUT2D eigenvalue weighted by Gasteiger charge is 2.35. The minimum absolute atomic E-state index is 0.271. The van der Waals surface area contributed by atoms with E-state index in [1.165, 1.54) is 7.11 Å². The first-order chi connectivity index (χ1) is 8.92. The minimum atomic E-state index is -0.766. The molecular weight excluding hydrogens is 242 g/mol. The van der Waals surface area contributed by atoms with Crippen molar-refractivity contribution in [2.24, 2.45) is 5.92 Å². The number of para-hydroxylation sites is 2. The van der Waals surface area contributed by atoms with Crippen molar-refractivity contribution in [1.29, 1.82) is 0 Å². The molecule has 1 atom stereocenters. The van der Waals surface area contributed by atoms with E-state index in [1.54, 1.807) is 7.11 Å². The van der Waals surface area contributed by atoms with Crippen molar-refractivity contribution >= 4 is 11.7 Å². The van der Waals surface area contributed by atoms with Crippen LogP contribution in [0.15, 0.2) is 24.3 Å². The Bertz CT molecular complexity index is 431. The quantitative estimate of drug-likeness (QED) is 0.803. The molecule has 1 unspecified atom stereocenters. The van der Waals surface area contributed by atoms with E-state index in [-0.39, 0.29) is 5.97 Å². The molecule has 0 aliphatic heterocycles. The van der Waals surface area contributed by atoms with E-state index < -0.39 is 5.54 Å². The zero-order valence-corrected chi connectivity index (χ0v) is 12.3. The Kier molecular flexibility index (Phi) is 5.21. The predicted molar refractivity (Wildman–Crippen MR) is 76.5 cm³/mol. The van der Waals surface area contributed by atoms with Gasteiger partial charge in [-0.15, -0.1) is 0 Å². The van der Waals surface area contributed by atoms with E-state index >= 15 is 0 Å². The highest BCUT2D eigenvalue weighted by Crippen LogP contribution is 2.30. The van der Waals surface area contributed by atoms with Crippen molar-refractivity contribution in [3.05, 3.63) is 24.3 Å². The maximum atomic E-state index is 12.0. The van der Waals surface area contributed by atoms with E-state index in [4.69, 9.17) is 9.47 Å². The van der Waals surface area contributed by atoms with Gasteiger partial charge in [0.05, 0.1) is 19.9 Å². The van der Waals surface area contributed by atoms with Crippen LogP contribution >= 0.6 is 0 Å². The van der Waals surface area contributed by atoms with Crippen LogP contribution in [0.5, 0.6) is 5.75 Å². The summed E-state index contributed by atoms with van der Waals surface area (Å²) in [6, 6.07) is 7.54. The Morgan fingerprint density at radius 1 is 1.32 bits per heavy atom. The Morgan fingerprint density at radius 3 is 2.47 bits per heavy atom. The molecule has 4 heteroatoms. The monoisotopic (exact) mass is 265 g/mol. The van der Waals surface area contributed by atoms with Crippen molar-refractivity contribution in [1.82, 2.24) is 0 Å². The standard InChI is InChI=1S/C15H23NO3/c1-11(2)10-15(3,14(17)19-5)16-12-8-6-7-9-13(12)18-4/h6-9,11,16H,10H2,1-5H3. The summed E-state index contributed by atoms with van der Waals surface area (Å²) in [7, 11) is 3.02. The lowest BCUT2D eigenvalue weighted by atomic mass is 9.90. The fourth-order valence-electron chi connectivity index (χ4n) is 2.27. The molecule has 0 aliphatic rings. The van der Waals surface area contributed by atoms with Crippen molar-refractivity contribution in [3.63, 3.8) is 0 Å². The lowest BCUT2D eigenvalue weighted by molar-refractivity contribution is -0.146. The van der Waals surface area contributed by atoms with Crippen LogP contribution in [0.4, 0.5) is 5.69 Å². The summed E-state index contributed by atoms with van der Waals surface area (Å²) in [5.41, 5.74) is 0.0240. The van der Waals surface area contributed by atoms with Crippen molar-refractivity contribution in [2.45, 2.75) is 32.7 Å². The van der Waals surface area contributed by atoms with Crippen molar-refractivity contribution in [2.75, 3.05) is 19.5 Å². The second-order valence-corrected chi connectivity index (χ2v) is 5.25. The average Bonchev–Trinajstić information content (AvgIpc) is 2.37. The minimum Gasteiger partial charge on any atom is -0.495 e. The van der Waals surface area contributed by atoms with Crippen LogP contribution in [0.3, 0.4) is 0 Å². The number of hydrogen-bond donors (Lipinski definition) is 1. The summed E-state index contributed by atoms with van der Waals surface area (Å²) in [5.74, 6) is 0.805. The SMILES string of the molecule is COC(=O)C(C)(CC(C)C)Nc1ccccc1OC. The number of rotatable bonds is 6. The number of ether oxygens (including phenoxy) is 2. The van der Waals surface area contributed by atoms with Gasteiger partial charge >= 0.3 is 5.97 Å². The molecule has 19 heavy (non-hydrogen) atoms. The van der Waals surface area contributed by atoms with Gasteiger partial charge in [-0.1, -0.05) is 26.0 Å². The highest BCUT2D eigenvalue weighted by molar-refractivity contribution is 5.84. The molecule has 0 saturated heterocycles. The second kappa shape index (κ2) is 6.45. The molecule has 1 aromatic rings. The van der Waals surface area contributed by atoms with Gasteiger partial charge in [-0.3, -0.25) is 0 Å². The normalized spacial score (nSPS) is 13.8. The van der Waals surface area contributed by atoms with Gasteiger partial charge in [0.15, 0.2) is 0 Å². The molecule has 1 N–H and O–H groups in total. The van der Waals surface area contributed by atoms with Crippen LogP contribution in [0, 0.1) is 5.92 Å². The van der Waals surface area contributed by atoms with Gasteiger partial charge in [0.25, 0.3) is 0 Å². The fourth-order valence-corrected chi connectivity index (χ4v) is 2.27. The Labute approximate surface area is 115 Å². The van der Waals surface area contributed by atoms with Crippen LogP contribution in [0.2, 0.25) is 0 Å². The third-order valence-electron chi connectivity index (χ3n) is 2.97. The first-order valence-corrected chi connectivity index (χ1v) is 6.42. The van der Waals surface area contributed by atoms with Crippen LogP contribution in [0.1, 0.15) is 27.2 Å². The number of esters is 1. The van der Waals surface area contributed by atoms with Gasteiger partial charge in [0.2, 0.25) is 0 Å². The molecule has 0 amide bonds. The maximum absolute atomic E-state index is 12.0. The highest BCUT2D eigenvalue weighted by atomic mass is 16.5. The number of carbonyl (C=O) groups excluding carboxylic acids is 1. The number of benzene rings is 1. The maximum Gasteiger partial charge on any atom is 0.331 e. The Hall–Kier alpha value is -1.71. The molecule has 0 fully saturated rings. The third kappa shape index (κ3) is 3.88. The summed E-state index contributed by atoms with van der Waals surface area (Å²) in [5, 5.41) is 3.26. The largest absolute Gasteiger partial charge is 0.495 e. The topological polar surface area (TPSA) is 47.6 Å². The third-order valence-corrected chi connectivity index (χ3v) is 2.97. The Morgan fingerprint density at radius 2 is 1.95 bits per heavy atom. The molecule has 4 nitrogen and oxygen atoms in total. The summed E-state index contributed by atoms with van der Waals surface area (Å²) in [4.78, 5) is 12.0. The lowest BCUT2D eigenvalue weighted by Gasteiger charge is -2.31. The summed E-state index contributed by atoms with van der Waals surface area (Å²) >= 11 is 0. The molecule has 0 spiro atoms. The zero-order chi connectivity index (χ0) is 14.5. The number of anilines is 1. The molecule has 1 aromatic carbocycles. The fraction of sp³-hybridized carbons (Fsp3) is 0.533. The van der Waals surface area contributed by atoms with Gasteiger partial charge in [-0.25, -0.2) is 4.79 Å². The van der Waals surface area contributed by atoms with E-state index in [2.05, 4.69) is 19.2 Å². The molecule has 0 saturated carbocycles. The van der Waals surface area contributed by atoms with E-state index in [0.717, 1.165) is 5.69 Å². The lowest BCUT2D eigenvalue weighted by Crippen LogP contribution is -2.45. The average molecular weight is 265 g/mol. The molecule has 1 rings (SSSR count). The molecular formula is C15H23NO3. The smallest absolute Gasteiger partial charge is 0.331 e. The summed E-state index contributed by atoms with van der Waals surface area (Å²) < 4.78 is 10.2. The molecule has 0 aromatic heterocycles. The number of carbonyl (C=O) groups is 1. The van der Waals surface area contributed by atoms with E-state index in [9.17, 15) is 4.79 Å². The predicted octanol–water partition coefficient (Wildman–Crippen LogP) is 3.08. The number of methoxy groups -OCH3 is 2. The molecule has 0 heterocycles. The van der Waals surface area contributed by atoms with Crippen molar-refractivity contribution < 1.29 is 14.3 Å². The van der Waals surface area contributed by atoms with Gasteiger partial charge in [-0.2, -0.15) is 0 Å². The molecule has 0 radical (unpaired) electrons. The summed E-state index contributed by atoms with van der Waals surface area (Å²) in [6.45, 7) is 6.00. The molecule has 106 valence electrons. The summed E-state index contributed by atoms with van der Waals surface area (Å²) in [6.07, 6.45) is 0.678.